The number of benzene rings is 2. The van der Waals surface area contributed by atoms with Gasteiger partial charge in [0.1, 0.15) is 17.2 Å². The van der Waals surface area contributed by atoms with E-state index in [0.717, 1.165) is 11.1 Å². The van der Waals surface area contributed by atoms with Gasteiger partial charge in [0.05, 0.1) is 33.3 Å². The van der Waals surface area contributed by atoms with Gasteiger partial charge in [-0.25, -0.2) is 0 Å². The van der Waals surface area contributed by atoms with Gasteiger partial charge in [-0.15, -0.1) is 0 Å². The lowest BCUT2D eigenvalue weighted by Crippen LogP contribution is -2.05. The Labute approximate surface area is 141 Å². The second-order valence-corrected chi connectivity index (χ2v) is 5.39. The zero-order chi connectivity index (χ0) is 16.8. The van der Waals surface area contributed by atoms with E-state index < -0.39 is 5.92 Å². The first kappa shape index (κ1) is 17.0. The monoisotopic (exact) mass is 331 g/mol. The Morgan fingerprint density at radius 2 is 1.70 bits per heavy atom. The fourth-order valence-electron chi connectivity index (χ4n) is 2.46. The number of hydrogen-bond donors (Lipinski definition) is 0. The number of nitriles is 1. The molecular formula is C18H18ClNO3. The zero-order valence-corrected chi connectivity index (χ0v) is 14.1. The van der Waals surface area contributed by atoms with Crippen molar-refractivity contribution in [1.29, 1.82) is 5.26 Å². The molecule has 1 unspecified atom stereocenters. The average molecular weight is 332 g/mol. The maximum Gasteiger partial charge on any atom is 0.123 e. The van der Waals surface area contributed by atoms with Gasteiger partial charge in [-0.05, 0) is 48.4 Å². The molecule has 0 aliphatic rings. The van der Waals surface area contributed by atoms with Crippen LogP contribution in [0.5, 0.6) is 17.2 Å². The van der Waals surface area contributed by atoms with Gasteiger partial charge in [0.15, 0.2) is 0 Å². The normalized spacial score (nSPS) is 11.4. The van der Waals surface area contributed by atoms with E-state index in [2.05, 4.69) is 6.07 Å². The number of nitrogens with zero attached hydrogens (tertiary/aromatic N) is 1. The maximum atomic E-state index is 9.64. The summed E-state index contributed by atoms with van der Waals surface area (Å²) >= 11 is 6.07. The van der Waals surface area contributed by atoms with Crippen molar-refractivity contribution < 1.29 is 14.2 Å². The van der Waals surface area contributed by atoms with Gasteiger partial charge in [0, 0.05) is 10.6 Å². The quantitative estimate of drug-likeness (QED) is 0.795. The van der Waals surface area contributed by atoms with Crippen molar-refractivity contribution in [2.75, 3.05) is 21.3 Å². The molecular weight excluding hydrogens is 314 g/mol. The standard InChI is InChI=1S/C18H18ClNO3/c1-21-15-5-7-18(23-3)16(10-15)13(11-20)8-12-9-14(19)4-6-17(12)22-2/h4-7,9-10,13H,8H2,1-3H3. The molecule has 2 rings (SSSR count). The molecule has 0 heterocycles. The van der Waals surface area contributed by atoms with E-state index in [1.165, 1.54) is 0 Å². The second-order valence-electron chi connectivity index (χ2n) is 4.95. The van der Waals surface area contributed by atoms with E-state index in [1.54, 1.807) is 45.6 Å². The highest BCUT2D eigenvalue weighted by Crippen LogP contribution is 2.34. The molecule has 0 aromatic heterocycles. The highest BCUT2D eigenvalue weighted by Gasteiger charge is 2.19. The van der Waals surface area contributed by atoms with Crippen LogP contribution in [0.1, 0.15) is 17.0 Å². The van der Waals surface area contributed by atoms with Crippen LogP contribution in [-0.2, 0) is 6.42 Å². The van der Waals surface area contributed by atoms with Crippen LogP contribution in [0.3, 0.4) is 0 Å². The molecule has 23 heavy (non-hydrogen) atoms. The van der Waals surface area contributed by atoms with E-state index in [4.69, 9.17) is 25.8 Å². The smallest absolute Gasteiger partial charge is 0.123 e. The Balaban J connectivity index is 2.42. The first-order valence-electron chi connectivity index (χ1n) is 7.06. The second kappa shape index (κ2) is 7.75. The number of methoxy groups -OCH3 is 3. The lowest BCUT2D eigenvalue weighted by molar-refractivity contribution is 0.396. The summed E-state index contributed by atoms with van der Waals surface area (Å²) in [5.74, 6) is 1.63. The molecule has 2 aromatic rings. The van der Waals surface area contributed by atoms with Crippen LogP contribution in [-0.4, -0.2) is 21.3 Å². The van der Waals surface area contributed by atoms with Gasteiger partial charge in [0.2, 0.25) is 0 Å². The van der Waals surface area contributed by atoms with Gasteiger partial charge in [0.25, 0.3) is 0 Å². The minimum atomic E-state index is -0.410. The Kier molecular flexibility index (Phi) is 5.72. The fourth-order valence-corrected chi connectivity index (χ4v) is 2.66. The third kappa shape index (κ3) is 3.88. The van der Waals surface area contributed by atoms with Crippen LogP contribution in [0.15, 0.2) is 36.4 Å². The Morgan fingerprint density at radius 1 is 1.00 bits per heavy atom. The van der Waals surface area contributed by atoms with Crippen LogP contribution < -0.4 is 14.2 Å². The lowest BCUT2D eigenvalue weighted by atomic mass is 9.92. The molecule has 0 saturated heterocycles. The van der Waals surface area contributed by atoms with Crippen molar-refractivity contribution in [3.05, 3.63) is 52.5 Å². The summed E-state index contributed by atoms with van der Waals surface area (Å²) in [6.45, 7) is 0. The molecule has 1 atom stereocenters. The molecule has 0 spiro atoms. The Hall–Kier alpha value is -2.38. The van der Waals surface area contributed by atoms with Gasteiger partial charge in [-0.2, -0.15) is 5.26 Å². The minimum absolute atomic E-state index is 0.410. The molecule has 0 aliphatic carbocycles. The predicted octanol–water partition coefficient (Wildman–Crippen LogP) is 4.22. The van der Waals surface area contributed by atoms with Crippen LogP contribution in [0, 0.1) is 11.3 Å². The molecule has 0 N–H and O–H groups in total. The summed E-state index contributed by atoms with van der Waals surface area (Å²) in [5.41, 5.74) is 1.65. The zero-order valence-electron chi connectivity index (χ0n) is 13.3. The maximum absolute atomic E-state index is 9.64. The van der Waals surface area contributed by atoms with E-state index in [0.29, 0.717) is 28.7 Å². The summed E-state index contributed by atoms with van der Waals surface area (Å²) in [6.07, 6.45) is 0.462. The van der Waals surface area contributed by atoms with Crippen molar-refractivity contribution in [3.8, 4) is 23.3 Å². The van der Waals surface area contributed by atoms with Crippen LogP contribution in [0.2, 0.25) is 5.02 Å². The molecule has 0 amide bonds. The first-order valence-corrected chi connectivity index (χ1v) is 7.44. The Morgan fingerprint density at radius 3 is 2.30 bits per heavy atom. The number of halogens is 1. The first-order chi connectivity index (χ1) is 11.1. The van der Waals surface area contributed by atoms with Crippen molar-refractivity contribution in [3.63, 3.8) is 0 Å². The molecule has 120 valence electrons. The van der Waals surface area contributed by atoms with Gasteiger partial charge in [-0.1, -0.05) is 11.6 Å². The van der Waals surface area contributed by atoms with E-state index >= 15 is 0 Å². The number of ether oxygens (including phenoxy) is 3. The molecule has 0 bridgehead atoms. The SMILES string of the molecule is COc1ccc(OC)c(C(C#N)Cc2cc(Cl)ccc2OC)c1. The third-order valence-corrected chi connectivity index (χ3v) is 3.87. The van der Waals surface area contributed by atoms with Crippen molar-refractivity contribution in [2.24, 2.45) is 0 Å². The summed E-state index contributed by atoms with van der Waals surface area (Å²) in [5, 5.41) is 10.2. The van der Waals surface area contributed by atoms with Crippen molar-refractivity contribution in [1.82, 2.24) is 0 Å². The van der Waals surface area contributed by atoms with Crippen LogP contribution in [0.4, 0.5) is 0 Å². The average Bonchev–Trinajstić information content (AvgIpc) is 2.59. The van der Waals surface area contributed by atoms with E-state index in [-0.39, 0.29) is 0 Å². The van der Waals surface area contributed by atoms with Crippen LogP contribution >= 0.6 is 11.6 Å². The molecule has 0 saturated carbocycles. The highest BCUT2D eigenvalue weighted by molar-refractivity contribution is 6.30. The fraction of sp³-hybridized carbons (Fsp3) is 0.278. The summed E-state index contributed by atoms with van der Waals surface area (Å²) in [6, 6.07) is 13.1. The molecule has 0 aliphatic heterocycles. The van der Waals surface area contributed by atoms with Gasteiger partial charge >= 0.3 is 0 Å². The summed E-state index contributed by atoms with van der Waals surface area (Å²) in [4.78, 5) is 0. The molecule has 0 fully saturated rings. The van der Waals surface area contributed by atoms with Crippen molar-refractivity contribution >= 4 is 11.6 Å². The summed E-state index contributed by atoms with van der Waals surface area (Å²) in [7, 11) is 4.77. The van der Waals surface area contributed by atoms with Gasteiger partial charge < -0.3 is 14.2 Å². The predicted molar refractivity (Wildman–Crippen MR) is 89.6 cm³/mol. The molecule has 5 heteroatoms. The Bertz CT molecular complexity index is 725. The van der Waals surface area contributed by atoms with Gasteiger partial charge in [-0.3, -0.25) is 0 Å². The molecule has 0 radical (unpaired) electrons. The number of rotatable bonds is 6. The van der Waals surface area contributed by atoms with Crippen LogP contribution in [0.25, 0.3) is 0 Å². The van der Waals surface area contributed by atoms with Crippen molar-refractivity contribution in [2.45, 2.75) is 12.3 Å². The third-order valence-electron chi connectivity index (χ3n) is 3.63. The minimum Gasteiger partial charge on any atom is -0.497 e. The molecule has 2 aromatic carbocycles. The molecule has 4 nitrogen and oxygen atoms in total. The lowest BCUT2D eigenvalue weighted by Gasteiger charge is -2.16. The van der Waals surface area contributed by atoms with E-state index in [9.17, 15) is 5.26 Å². The largest absolute Gasteiger partial charge is 0.497 e. The topological polar surface area (TPSA) is 51.5 Å². The highest BCUT2D eigenvalue weighted by atomic mass is 35.5. The van der Waals surface area contributed by atoms with E-state index in [1.807, 2.05) is 12.1 Å². The number of hydrogen-bond acceptors (Lipinski definition) is 4. The summed E-state index contributed by atoms with van der Waals surface area (Å²) < 4.78 is 16.0.